The highest BCUT2D eigenvalue weighted by molar-refractivity contribution is 7.47. The number of rotatable bonds is 46. The molecule has 378 valence electrons. The maximum atomic E-state index is 12.7. The lowest BCUT2D eigenvalue weighted by molar-refractivity contribution is -0.161. The fraction of sp³-hybridized carbons (Fsp3) is 0.911. The van der Waals surface area contributed by atoms with Gasteiger partial charge in [0, 0.05) is 25.7 Å². The number of phosphoric ester groups is 2. The maximum absolute atomic E-state index is 12.7. The zero-order valence-electron chi connectivity index (χ0n) is 39.7. The average Bonchev–Trinajstić information content (AvgIpc) is 3.26. The van der Waals surface area contributed by atoms with E-state index in [0.717, 1.165) is 57.8 Å². The third-order valence-corrected chi connectivity index (χ3v) is 12.1. The molecule has 0 aromatic carbocycles. The van der Waals surface area contributed by atoms with Gasteiger partial charge in [0.05, 0.1) is 26.4 Å². The van der Waals surface area contributed by atoms with Crippen LogP contribution in [0.1, 0.15) is 207 Å². The van der Waals surface area contributed by atoms with Crippen LogP contribution in [0, 0.1) is 0 Å². The van der Waals surface area contributed by atoms with Gasteiger partial charge in [-0.15, -0.1) is 0 Å². The number of unbranched alkanes of at least 4 members (excludes halogenated alkanes) is 21. The molecule has 64 heavy (non-hydrogen) atoms. The maximum Gasteiger partial charge on any atom is 0.472 e. The van der Waals surface area contributed by atoms with E-state index in [1.807, 2.05) is 6.92 Å². The van der Waals surface area contributed by atoms with Crippen molar-refractivity contribution in [2.45, 2.75) is 226 Å². The number of carbonyl (C=O) groups excluding carboxylic acids is 4. The second-order valence-corrected chi connectivity index (χ2v) is 19.3. The van der Waals surface area contributed by atoms with E-state index < -0.39 is 97.5 Å². The topological polar surface area (TPSA) is 237 Å². The molecule has 0 spiro atoms. The van der Waals surface area contributed by atoms with Gasteiger partial charge in [0.15, 0.2) is 12.2 Å². The summed E-state index contributed by atoms with van der Waals surface area (Å²) < 4.78 is 65.8. The van der Waals surface area contributed by atoms with Gasteiger partial charge in [0.25, 0.3) is 0 Å². The molecule has 0 aliphatic heterocycles. The highest BCUT2D eigenvalue weighted by atomic mass is 31.2. The van der Waals surface area contributed by atoms with Gasteiger partial charge < -0.3 is 33.8 Å². The molecule has 0 aromatic heterocycles. The minimum atomic E-state index is -4.90. The van der Waals surface area contributed by atoms with Crippen LogP contribution < -0.4 is 0 Å². The second-order valence-electron chi connectivity index (χ2n) is 16.4. The predicted octanol–water partition coefficient (Wildman–Crippen LogP) is 10.5. The van der Waals surface area contributed by atoms with E-state index in [2.05, 4.69) is 13.8 Å². The lowest BCUT2D eigenvalue weighted by Gasteiger charge is -2.21. The van der Waals surface area contributed by atoms with Gasteiger partial charge in [0.1, 0.15) is 19.3 Å². The summed E-state index contributed by atoms with van der Waals surface area (Å²) in [6.07, 6.45) is 21.8. The molecule has 0 fully saturated rings. The minimum absolute atomic E-state index is 0.0151. The van der Waals surface area contributed by atoms with Crippen molar-refractivity contribution in [1.82, 2.24) is 0 Å². The SMILES string of the molecule is CCCCCCCCCCCCCC(=O)O[C@H](COC(=O)CCCCC)COP(=O)(O)OC[C@H](O)COP(=O)(O)OC[C@@H](COC(=O)CCCCCCCCCCCC)OC(=O)CC. The Balaban J connectivity index is 4.82. The fourth-order valence-electron chi connectivity index (χ4n) is 6.31. The molecule has 0 rings (SSSR count). The van der Waals surface area contributed by atoms with Crippen LogP contribution in [0.25, 0.3) is 0 Å². The molecule has 17 nitrogen and oxygen atoms in total. The Morgan fingerprint density at radius 2 is 0.672 bits per heavy atom. The number of hydrogen-bond donors (Lipinski definition) is 3. The lowest BCUT2D eigenvalue weighted by Crippen LogP contribution is -2.30. The number of aliphatic hydroxyl groups excluding tert-OH is 1. The molecule has 0 aliphatic rings. The van der Waals surface area contributed by atoms with E-state index in [4.69, 9.17) is 37.0 Å². The molecule has 0 heterocycles. The zero-order valence-corrected chi connectivity index (χ0v) is 41.5. The number of esters is 4. The molecule has 0 aliphatic carbocycles. The van der Waals surface area contributed by atoms with Crippen LogP contribution in [0.5, 0.6) is 0 Å². The highest BCUT2D eigenvalue weighted by Gasteiger charge is 2.30. The summed E-state index contributed by atoms with van der Waals surface area (Å²) in [6, 6.07) is 0. The van der Waals surface area contributed by atoms with E-state index in [0.29, 0.717) is 19.3 Å². The molecule has 0 saturated carbocycles. The molecule has 0 aromatic rings. The lowest BCUT2D eigenvalue weighted by atomic mass is 10.1. The van der Waals surface area contributed by atoms with Crippen molar-refractivity contribution < 1.29 is 80.2 Å². The Kier molecular flexibility index (Phi) is 40.0. The van der Waals surface area contributed by atoms with Crippen molar-refractivity contribution in [2.75, 3.05) is 39.6 Å². The predicted molar refractivity (Wildman–Crippen MR) is 243 cm³/mol. The van der Waals surface area contributed by atoms with Crippen molar-refractivity contribution >= 4 is 39.5 Å². The first-order valence-electron chi connectivity index (χ1n) is 24.3. The standard InChI is InChI=1S/C45H86O17P2/c1-5-9-12-14-16-18-20-22-24-26-29-32-45(50)62-41(36-56-43(48)30-27-11-7-3)38-60-64(53,54)58-34-39(46)33-57-63(51,52)59-37-40(61-42(47)8-4)35-55-44(49)31-28-25-23-21-19-17-15-13-10-6-2/h39-41,46H,5-38H2,1-4H3,(H,51,52)(H,53,54)/t39-,40-,41-/m1/s1. The van der Waals surface area contributed by atoms with Crippen molar-refractivity contribution in [3.8, 4) is 0 Å². The summed E-state index contributed by atoms with van der Waals surface area (Å²) >= 11 is 0. The fourth-order valence-corrected chi connectivity index (χ4v) is 7.89. The molecule has 0 radical (unpaired) electrons. The summed E-state index contributed by atoms with van der Waals surface area (Å²) in [7, 11) is -9.79. The van der Waals surface area contributed by atoms with Gasteiger partial charge in [-0.05, 0) is 19.3 Å². The Bertz CT molecular complexity index is 1290. The van der Waals surface area contributed by atoms with Gasteiger partial charge in [-0.3, -0.25) is 37.3 Å². The summed E-state index contributed by atoms with van der Waals surface area (Å²) in [5.41, 5.74) is 0. The van der Waals surface area contributed by atoms with Crippen LogP contribution in [-0.2, 0) is 65.4 Å². The summed E-state index contributed by atoms with van der Waals surface area (Å²) in [4.78, 5) is 69.6. The third-order valence-electron chi connectivity index (χ3n) is 10.2. The summed E-state index contributed by atoms with van der Waals surface area (Å²) in [5, 5.41) is 10.3. The van der Waals surface area contributed by atoms with Crippen LogP contribution in [-0.4, -0.2) is 96.7 Å². The van der Waals surface area contributed by atoms with Crippen molar-refractivity contribution in [1.29, 1.82) is 0 Å². The minimum Gasteiger partial charge on any atom is -0.462 e. The van der Waals surface area contributed by atoms with Gasteiger partial charge in [-0.1, -0.05) is 163 Å². The normalized spacial score (nSPS) is 14.8. The number of ether oxygens (including phenoxy) is 4. The Labute approximate surface area is 384 Å². The largest absolute Gasteiger partial charge is 0.472 e. The van der Waals surface area contributed by atoms with E-state index in [-0.39, 0.29) is 25.7 Å². The first-order chi connectivity index (χ1) is 30.7. The highest BCUT2D eigenvalue weighted by Crippen LogP contribution is 2.45. The van der Waals surface area contributed by atoms with Crippen LogP contribution in [0.4, 0.5) is 0 Å². The molecular formula is C45H86O17P2. The molecule has 0 amide bonds. The van der Waals surface area contributed by atoms with Crippen molar-refractivity contribution in [3.63, 3.8) is 0 Å². The Morgan fingerprint density at radius 3 is 1.03 bits per heavy atom. The molecule has 19 heteroatoms. The van der Waals surface area contributed by atoms with Gasteiger partial charge >= 0.3 is 39.5 Å². The van der Waals surface area contributed by atoms with Crippen molar-refractivity contribution in [2.24, 2.45) is 0 Å². The molecule has 0 bridgehead atoms. The van der Waals surface area contributed by atoms with Crippen molar-refractivity contribution in [3.05, 3.63) is 0 Å². The number of hydrogen-bond acceptors (Lipinski definition) is 15. The number of phosphoric acid groups is 2. The molecule has 0 saturated heterocycles. The smallest absolute Gasteiger partial charge is 0.462 e. The monoisotopic (exact) mass is 961 g/mol. The van der Waals surface area contributed by atoms with E-state index >= 15 is 0 Å². The van der Waals surface area contributed by atoms with Gasteiger partial charge in [-0.2, -0.15) is 0 Å². The molecule has 3 N–H and O–H groups in total. The van der Waals surface area contributed by atoms with E-state index in [1.165, 1.54) is 77.0 Å². The number of carbonyl (C=O) groups is 4. The Hall–Kier alpha value is -1.94. The number of aliphatic hydroxyl groups is 1. The van der Waals surface area contributed by atoms with Crippen LogP contribution in [0.2, 0.25) is 0 Å². The van der Waals surface area contributed by atoms with Gasteiger partial charge in [0.2, 0.25) is 0 Å². The van der Waals surface area contributed by atoms with Gasteiger partial charge in [-0.25, -0.2) is 9.13 Å². The molecule has 2 unspecified atom stereocenters. The quantitative estimate of drug-likeness (QED) is 0.0222. The summed E-state index contributed by atoms with van der Waals surface area (Å²) in [5.74, 6) is -2.28. The first kappa shape index (κ1) is 62.1. The zero-order chi connectivity index (χ0) is 47.7. The van der Waals surface area contributed by atoms with E-state index in [1.54, 1.807) is 6.92 Å². The Morgan fingerprint density at radius 1 is 0.391 bits per heavy atom. The third kappa shape index (κ3) is 40.3. The van der Waals surface area contributed by atoms with E-state index in [9.17, 15) is 43.2 Å². The van der Waals surface area contributed by atoms with Crippen LogP contribution in [0.15, 0.2) is 0 Å². The summed E-state index contributed by atoms with van der Waals surface area (Å²) in [6.45, 7) is 3.92. The molecular weight excluding hydrogens is 874 g/mol. The average molecular weight is 961 g/mol. The van der Waals surface area contributed by atoms with Crippen LogP contribution in [0.3, 0.4) is 0 Å². The second kappa shape index (κ2) is 41.3. The molecule has 5 atom stereocenters. The van der Waals surface area contributed by atoms with Crippen LogP contribution >= 0.6 is 15.6 Å². The first-order valence-corrected chi connectivity index (χ1v) is 27.3.